The van der Waals surface area contributed by atoms with E-state index in [4.69, 9.17) is 16.3 Å². The number of aromatic amines is 1. The Morgan fingerprint density at radius 2 is 2.27 bits per heavy atom. The molecule has 0 spiro atoms. The van der Waals surface area contributed by atoms with Gasteiger partial charge in [-0.2, -0.15) is 0 Å². The molecule has 1 saturated carbocycles. The first-order chi connectivity index (χ1) is 7.16. The summed E-state index contributed by atoms with van der Waals surface area (Å²) in [6.07, 6.45) is 3.68. The van der Waals surface area contributed by atoms with Gasteiger partial charge in [0.15, 0.2) is 0 Å². The van der Waals surface area contributed by atoms with Crippen molar-refractivity contribution in [1.29, 1.82) is 0 Å². The second-order valence-corrected chi connectivity index (χ2v) is 4.06. The molecule has 0 atom stereocenters. The van der Waals surface area contributed by atoms with Crippen molar-refractivity contribution in [2.24, 2.45) is 5.92 Å². The molecule has 1 aromatic heterocycles. The van der Waals surface area contributed by atoms with E-state index in [9.17, 15) is 9.59 Å². The van der Waals surface area contributed by atoms with Crippen LogP contribution in [0.15, 0.2) is 15.8 Å². The van der Waals surface area contributed by atoms with Crippen molar-refractivity contribution in [3.63, 3.8) is 0 Å². The van der Waals surface area contributed by atoms with Crippen molar-refractivity contribution >= 4 is 11.6 Å². The van der Waals surface area contributed by atoms with Crippen molar-refractivity contribution in [2.75, 3.05) is 6.61 Å². The minimum absolute atomic E-state index is 0.00961. The monoisotopic (exact) mass is 230 g/mol. The van der Waals surface area contributed by atoms with Crippen LogP contribution < -0.4 is 11.2 Å². The summed E-state index contributed by atoms with van der Waals surface area (Å²) < 4.78 is 6.54. The van der Waals surface area contributed by atoms with Gasteiger partial charge in [-0.05, 0) is 18.8 Å². The molecule has 0 radical (unpaired) electrons. The average Bonchev–Trinajstić information content (AvgIpc) is 2.97. The summed E-state index contributed by atoms with van der Waals surface area (Å²) >= 11 is 5.58. The second-order valence-electron chi connectivity index (χ2n) is 3.65. The lowest BCUT2D eigenvalue weighted by Crippen LogP contribution is -2.30. The maximum absolute atomic E-state index is 11.3. The number of halogens is 1. The summed E-state index contributed by atoms with van der Waals surface area (Å²) in [7, 11) is 0. The third kappa shape index (κ3) is 2.70. The Hall–Kier alpha value is -1.07. The van der Waals surface area contributed by atoms with Gasteiger partial charge in [-0.1, -0.05) is 11.6 Å². The molecule has 0 aliphatic heterocycles. The minimum Gasteiger partial charge on any atom is -0.360 e. The zero-order valence-corrected chi connectivity index (χ0v) is 8.79. The van der Waals surface area contributed by atoms with Gasteiger partial charge in [-0.25, -0.2) is 4.79 Å². The molecule has 82 valence electrons. The SMILES string of the molecule is O=c1[nH]c(=O)n(COCC2CC2)cc1Cl. The quantitative estimate of drug-likeness (QED) is 0.823. The van der Waals surface area contributed by atoms with E-state index >= 15 is 0 Å². The number of H-pyrrole nitrogens is 1. The largest absolute Gasteiger partial charge is 0.360 e. The predicted octanol–water partition coefficient (Wildman–Crippen LogP) is 0.574. The fourth-order valence-electron chi connectivity index (χ4n) is 1.18. The van der Waals surface area contributed by atoms with E-state index in [1.54, 1.807) is 0 Å². The molecule has 1 N–H and O–H groups in total. The number of nitrogens with one attached hydrogen (secondary N) is 1. The Kier molecular flexibility index (Phi) is 2.93. The molecular formula is C9H11ClN2O3. The van der Waals surface area contributed by atoms with Gasteiger partial charge in [0.1, 0.15) is 11.8 Å². The van der Waals surface area contributed by atoms with Crippen molar-refractivity contribution in [2.45, 2.75) is 19.6 Å². The highest BCUT2D eigenvalue weighted by Gasteiger charge is 2.21. The topological polar surface area (TPSA) is 64.1 Å². The van der Waals surface area contributed by atoms with Crippen molar-refractivity contribution in [3.8, 4) is 0 Å². The molecule has 1 heterocycles. The van der Waals surface area contributed by atoms with E-state index < -0.39 is 11.2 Å². The Morgan fingerprint density at radius 3 is 2.93 bits per heavy atom. The van der Waals surface area contributed by atoms with Gasteiger partial charge < -0.3 is 4.74 Å². The van der Waals surface area contributed by atoms with Crippen LogP contribution in [0.3, 0.4) is 0 Å². The normalized spacial score (nSPS) is 15.5. The van der Waals surface area contributed by atoms with Crippen LogP contribution in [0.4, 0.5) is 0 Å². The Labute approximate surface area is 90.6 Å². The van der Waals surface area contributed by atoms with E-state index in [0.717, 1.165) is 0 Å². The van der Waals surface area contributed by atoms with Crippen LogP contribution in [0.25, 0.3) is 0 Å². The third-order valence-corrected chi connectivity index (χ3v) is 2.52. The first kappa shape index (κ1) is 10.4. The van der Waals surface area contributed by atoms with Crippen molar-refractivity contribution < 1.29 is 4.74 Å². The highest BCUT2D eigenvalue weighted by Crippen LogP contribution is 2.28. The van der Waals surface area contributed by atoms with Crippen LogP contribution in [0.1, 0.15) is 12.8 Å². The average molecular weight is 231 g/mol. The smallest absolute Gasteiger partial charge is 0.330 e. The van der Waals surface area contributed by atoms with E-state index in [-0.39, 0.29) is 11.8 Å². The van der Waals surface area contributed by atoms with Crippen LogP contribution in [-0.4, -0.2) is 16.2 Å². The second kappa shape index (κ2) is 4.20. The molecule has 0 amide bonds. The highest BCUT2D eigenvalue weighted by molar-refractivity contribution is 6.30. The summed E-state index contributed by atoms with van der Waals surface area (Å²) in [5.41, 5.74) is -1.07. The highest BCUT2D eigenvalue weighted by atomic mass is 35.5. The summed E-state index contributed by atoms with van der Waals surface area (Å²) in [6.45, 7) is 0.787. The molecule has 1 aliphatic rings. The molecule has 0 saturated heterocycles. The van der Waals surface area contributed by atoms with Gasteiger partial charge in [0, 0.05) is 6.20 Å². The molecule has 5 nitrogen and oxygen atoms in total. The van der Waals surface area contributed by atoms with E-state index in [1.165, 1.54) is 23.6 Å². The van der Waals surface area contributed by atoms with Crippen LogP contribution in [0.5, 0.6) is 0 Å². The van der Waals surface area contributed by atoms with Crippen molar-refractivity contribution in [3.05, 3.63) is 32.1 Å². The molecule has 1 aliphatic carbocycles. The van der Waals surface area contributed by atoms with Gasteiger partial charge >= 0.3 is 5.69 Å². The molecule has 1 aromatic rings. The molecule has 0 bridgehead atoms. The first-order valence-corrected chi connectivity index (χ1v) is 5.11. The molecule has 2 rings (SSSR count). The molecule has 0 aromatic carbocycles. The van der Waals surface area contributed by atoms with E-state index in [2.05, 4.69) is 4.98 Å². The molecule has 0 unspecified atom stereocenters. The number of ether oxygens (including phenoxy) is 1. The lowest BCUT2D eigenvalue weighted by molar-refractivity contribution is 0.0658. The van der Waals surface area contributed by atoms with E-state index in [1.807, 2.05) is 0 Å². The Balaban J connectivity index is 2.03. The summed E-state index contributed by atoms with van der Waals surface area (Å²) in [5.74, 6) is 0.638. The van der Waals surface area contributed by atoms with Crippen molar-refractivity contribution in [1.82, 2.24) is 9.55 Å². The van der Waals surface area contributed by atoms with Crippen LogP contribution in [-0.2, 0) is 11.5 Å². The van der Waals surface area contributed by atoms with Crippen LogP contribution in [0, 0.1) is 5.92 Å². The van der Waals surface area contributed by atoms with Crippen LogP contribution in [0.2, 0.25) is 5.02 Å². The first-order valence-electron chi connectivity index (χ1n) is 4.74. The summed E-state index contributed by atoms with van der Waals surface area (Å²) in [6, 6.07) is 0. The van der Waals surface area contributed by atoms with Gasteiger partial charge in [0.05, 0.1) is 6.61 Å². The minimum atomic E-state index is -0.569. The van der Waals surface area contributed by atoms with Gasteiger partial charge in [0.25, 0.3) is 5.56 Å². The standard InChI is InChI=1S/C9H11ClN2O3/c10-7-3-12(9(14)11-8(7)13)5-15-4-6-1-2-6/h3,6H,1-2,4-5H2,(H,11,13,14). The number of hydrogen-bond donors (Lipinski definition) is 1. The van der Waals surface area contributed by atoms with Gasteiger partial charge in [-0.3, -0.25) is 14.3 Å². The molecular weight excluding hydrogens is 220 g/mol. The number of aromatic nitrogens is 2. The van der Waals surface area contributed by atoms with Crippen LogP contribution >= 0.6 is 11.6 Å². The zero-order valence-electron chi connectivity index (χ0n) is 8.03. The Morgan fingerprint density at radius 1 is 1.53 bits per heavy atom. The van der Waals surface area contributed by atoms with Gasteiger partial charge in [0.2, 0.25) is 0 Å². The molecule has 6 heteroatoms. The fraction of sp³-hybridized carbons (Fsp3) is 0.556. The maximum atomic E-state index is 11.3. The number of rotatable bonds is 4. The lowest BCUT2D eigenvalue weighted by Gasteiger charge is -2.05. The Bertz CT molecular complexity index is 461. The maximum Gasteiger partial charge on any atom is 0.330 e. The van der Waals surface area contributed by atoms with Gasteiger partial charge in [-0.15, -0.1) is 0 Å². The molecule has 1 fully saturated rings. The lowest BCUT2D eigenvalue weighted by atomic mass is 10.5. The number of hydrogen-bond acceptors (Lipinski definition) is 3. The fourth-order valence-corrected chi connectivity index (χ4v) is 1.35. The summed E-state index contributed by atoms with van der Waals surface area (Å²) in [4.78, 5) is 24.3. The zero-order chi connectivity index (χ0) is 10.8. The predicted molar refractivity (Wildman–Crippen MR) is 55.0 cm³/mol. The number of nitrogens with zero attached hydrogens (tertiary/aromatic N) is 1. The molecule has 15 heavy (non-hydrogen) atoms. The summed E-state index contributed by atoms with van der Waals surface area (Å²) in [5, 5.41) is -0.00961. The van der Waals surface area contributed by atoms with E-state index in [0.29, 0.717) is 12.5 Å². The third-order valence-electron chi connectivity index (χ3n) is 2.25.